The molecule has 1 atom stereocenters. The van der Waals surface area contributed by atoms with Crippen LogP contribution in [0.1, 0.15) is 33.1 Å². The summed E-state index contributed by atoms with van der Waals surface area (Å²) in [7, 11) is 0. The van der Waals surface area contributed by atoms with E-state index in [0.717, 1.165) is 31.9 Å². The van der Waals surface area contributed by atoms with E-state index in [1.165, 1.54) is 25.9 Å². The summed E-state index contributed by atoms with van der Waals surface area (Å²) in [6.45, 7) is 9.73. The molecule has 5 nitrogen and oxygen atoms in total. The maximum Gasteiger partial charge on any atom is 0.224 e. The second-order valence-electron chi connectivity index (χ2n) is 5.81. The van der Waals surface area contributed by atoms with E-state index >= 15 is 0 Å². The van der Waals surface area contributed by atoms with E-state index in [-0.39, 0.29) is 0 Å². The molecule has 1 aromatic heterocycles. The SMILES string of the molecule is CCCNc1ncc(Cl)c(NCC(C)CN2CCCC2)n1. The largest absolute Gasteiger partial charge is 0.368 e. The van der Waals surface area contributed by atoms with Crippen molar-refractivity contribution in [2.45, 2.75) is 33.1 Å². The van der Waals surface area contributed by atoms with Gasteiger partial charge in [0.15, 0.2) is 0 Å². The fraction of sp³-hybridized carbons (Fsp3) is 0.733. The standard InChI is InChI=1S/C15H26ClN5/c1-3-6-17-15-19-10-13(16)14(20-15)18-9-12(2)11-21-7-4-5-8-21/h10,12H,3-9,11H2,1-2H3,(H2,17,18,19,20). The van der Waals surface area contributed by atoms with Gasteiger partial charge in [0, 0.05) is 19.6 Å². The van der Waals surface area contributed by atoms with Gasteiger partial charge in [0.05, 0.1) is 6.20 Å². The number of anilines is 2. The third-order valence-electron chi connectivity index (χ3n) is 3.66. The Kier molecular flexibility index (Phi) is 6.51. The van der Waals surface area contributed by atoms with Crippen LogP contribution in [-0.4, -0.2) is 47.6 Å². The number of aromatic nitrogens is 2. The van der Waals surface area contributed by atoms with Crippen LogP contribution < -0.4 is 10.6 Å². The minimum Gasteiger partial charge on any atom is -0.368 e. The molecule has 6 heteroatoms. The zero-order chi connectivity index (χ0) is 15.1. The molecule has 0 aliphatic carbocycles. The maximum absolute atomic E-state index is 6.16. The van der Waals surface area contributed by atoms with Gasteiger partial charge in [-0.25, -0.2) is 4.98 Å². The lowest BCUT2D eigenvalue weighted by atomic mass is 10.1. The van der Waals surface area contributed by atoms with Gasteiger partial charge in [-0.05, 0) is 38.3 Å². The summed E-state index contributed by atoms with van der Waals surface area (Å²) in [5.41, 5.74) is 0. The summed E-state index contributed by atoms with van der Waals surface area (Å²) in [6.07, 6.45) is 5.37. The number of nitrogens with zero attached hydrogens (tertiary/aromatic N) is 3. The van der Waals surface area contributed by atoms with Crippen LogP contribution in [0.4, 0.5) is 11.8 Å². The molecule has 0 radical (unpaired) electrons. The molecular formula is C15H26ClN5. The normalized spacial score (nSPS) is 16.9. The lowest BCUT2D eigenvalue weighted by Crippen LogP contribution is -2.29. The van der Waals surface area contributed by atoms with Crippen molar-refractivity contribution in [1.29, 1.82) is 0 Å². The molecule has 2 rings (SSSR count). The zero-order valence-electron chi connectivity index (χ0n) is 13.0. The third kappa shape index (κ3) is 5.32. The summed E-state index contributed by atoms with van der Waals surface area (Å²) >= 11 is 6.16. The van der Waals surface area contributed by atoms with Gasteiger partial charge < -0.3 is 15.5 Å². The van der Waals surface area contributed by atoms with Gasteiger partial charge in [0.25, 0.3) is 0 Å². The van der Waals surface area contributed by atoms with Gasteiger partial charge >= 0.3 is 0 Å². The molecule has 21 heavy (non-hydrogen) atoms. The Balaban J connectivity index is 1.83. The predicted molar refractivity (Wildman–Crippen MR) is 89.2 cm³/mol. The Morgan fingerprint density at radius 1 is 1.33 bits per heavy atom. The molecule has 1 unspecified atom stereocenters. The van der Waals surface area contributed by atoms with Crippen molar-refractivity contribution in [1.82, 2.24) is 14.9 Å². The van der Waals surface area contributed by atoms with Crippen LogP contribution >= 0.6 is 11.6 Å². The number of hydrogen-bond acceptors (Lipinski definition) is 5. The molecular weight excluding hydrogens is 286 g/mol. The smallest absolute Gasteiger partial charge is 0.224 e. The van der Waals surface area contributed by atoms with Crippen molar-refractivity contribution in [2.24, 2.45) is 5.92 Å². The van der Waals surface area contributed by atoms with Gasteiger partial charge in [-0.15, -0.1) is 0 Å². The molecule has 0 amide bonds. The number of rotatable bonds is 8. The summed E-state index contributed by atoms with van der Waals surface area (Å²) < 4.78 is 0. The highest BCUT2D eigenvalue weighted by Crippen LogP contribution is 2.20. The van der Waals surface area contributed by atoms with E-state index < -0.39 is 0 Å². The Morgan fingerprint density at radius 3 is 2.81 bits per heavy atom. The molecule has 118 valence electrons. The lowest BCUT2D eigenvalue weighted by molar-refractivity contribution is 0.294. The van der Waals surface area contributed by atoms with Gasteiger partial charge in [0.1, 0.15) is 10.8 Å². The van der Waals surface area contributed by atoms with Crippen molar-refractivity contribution >= 4 is 23.4 Å². The minimum absolute atomic E-state index is 0.571. The Morgan fingerprint density at radius 2 is 2.10 bits per heavy atom. The minimum atomic E-state index is 0.571. The van der Waals surface area contributed by atoms with Crippen molar-refractivity contribution < 1.29 is 0 Å². The Labute approximate surface area is 132 Å². The lowest BCUT2D eigenvalue weighted by Gasteiger charge is -2.21. The van der Waals surface area contributed by atoms with Crippen LogP contribution in [0.15, 0.2) is 6.20 Å². The van der Waals surface area contributed by atoms with Gasteiger partial charge in [-0.1, -0.05) is 25.4 Å². The van der Waals surface area contributed by atoms with Crippen LogP contribution in [0.3, 0.4) is 0 Å². The zero-order valence-corrected chi connectivity index (χ0v) is 13.8. The molecule has 1 saturated heterocycles. The molecule has 0 spiro atoms. The number of halogens is 1. The maximum atomic E-state index is 6.16. The molecule has 1 aliphatic heterocycles. The number of hydrogen-bond donors (Lipinski definition) is 2. The van der Waals surface area contributed by atoms with E-state index in [1.807, 2.05) is 0 Å². The third-order valence-corrected chi connectivity index (χ3v) is 3.94. The molecule has 1 aliphatic rings. The molecule has 2 N–H and O–H groups in total. The molecule has 0 saturated carbocycles. The second kappa shape index (κ2) is 8.39. The first-order chi connectivity index (χ1) is 10.2. The van der Waals surface area contributed by atoms with Gasteiger partial charge in [0.2, 0.25) is 5.95 Å². The van der Waals surface area contributed by atoms with E-state index in [4.69, 9.17) is 11.6 Å². The fourth-order valence-electron chi connectivity index (χ4n) is 2.55. The average Bonchev–Trinajstić information content (AvgIpc) is 2.98. The van der Waals surface area contributed by atoms with Crippen molar-refractivity contribution in [3.63, 3.8) is 0 Å². The Bertz CT molecular complexity index is 434. The summed E-state index contributed by atoms with van der Waals surface area (Å²) in [5, 5.41) is 7.11. The topological polar surface area (TPSA) is 53.1 Å². The fourth-order valence-corrected chi connectivity index (χ4v) is 2.71. The summed E-state index contributed by atoms with van der Waals surface area (Å²) in [5.74, 6) is 1.93. The van der Waals surface area contributed by atoms with Crippen molar-refractivity contribution in [3.8, 4) is 0 Å². The molecule has 2 heterocycles. The quantitative estimate of drug-likeness (QED) is 0.772. The van der Waals surface area contributed by atoms with E-state index in [0.29, 0.717) is 16.9 Å². The van der Waals surface area contributed by atoms with Crippen LogP contribution in [0.25, 0.3) is 0 Å². The first kappa shape index (κ1) is 16.3. The van der Waals surface area contributed by atoms with E-state index in [1.54, 1.807) is 6.20 Å². The number of likely N-dealkylation sites (tertiary alicyclic amines) is 1. The van der Waals surface area contributed by atoms with Gasteiger partial charge in [-0.2, -0.15) is 4.98 Å². The van der Waals surface area contributed by atoms with Crippen molar-refractivity contribution in [3.05, 3.63) is 11.2 Å². The van der Waals surface area contributed by atoms with Crippen LogP contribution in [0.2, 0.25) is 5.02 Å². The average molecular weight is 312 g/mol. The number of nitrogens with one attached hydrogen (secondary N) is 2. The molecule has 0 aromatic carbocycles. The highest BCUT2D eigenvalue weighted by Gasteiger charge is 2.15. The molecule has 0 bridgehead atoms. The Hall–Kier alpha value is -1.07. The van der Waals surface area contributed by atoms with Crippen LogP contribution in [0.5, 0.6) is 0 Å². The van der Waals surface area contributed by atoms with Gasteiger partial charge in [-0.3, -0.25) is 0 Å². The highest BCUT2D eigenvalue weighted by atomic mass is 35.5. The van der Waals surface area contributed by atoms with Crippen LogP contribution in [0, 0.1) is 5.92 Å². The highest BCUT2D eigenvalue weighted by molar-refractivity contribution is 6.32. The van der Waals surface area contributed by atoms with E-state index in [2.05, 4.69) is 39.3 Å². The second-order valence-corrected chi connectivity index (χ2v) is 6.22. The van der Waals surface area contributed by atoms with Crippen molar-refractivity contribution in [2.75, 3.05) is 43.4 Å². The summed E-state index contributed by atoms with van der Waals surface area (Å²) in [6, 6.07) is 0. The monoisotopic (exact) mass is 311 g/mol. The first-order valence-electron chi connectivity index (χ1n) is 7.91. The first-order valence-corrected chi connectivity index (χ1v) is 8.29. The van der Waals surface area contributed by atoms with Crippen LogP contribution in [-0.2, 0) is 0 Å². The molecule has 1 aromatic rings. The molecule has 1 fully saturated rings. The predicted octanol–water partition coefficient (Wildman–Crippen LogP) is 3.10. The summed E-state index contributed by atoms with van der Waals surface area (Å²) in [4.78, 5) is 11.1. The van der Waals surface area contributed by atoms with E-state index in [9.17, 15) is 0 Å².